The van der Waals surface area contributed by atoms with Gasteiger partial charge in [-0.3, -0.25) is 0 Å². The third-order valence-electron chi connectivity index (χ3n) is 0. The maximum Gasteiger partial charge on any atom is 2.00 e. The molecule has 0 heterocycles. The fourth-order valence-corrected chi connectivity index (χ4v) is 0. The quantitative estimate of drug-likeness (QED) is 0.294. The van der Waals surface area contributed by atoms with E-state index in [-0.39, 0.29) is 15.6 Å². The maximum absolute atomic E-state index is 8.58. The van der Waals surface area contributed by atoms with Gasteiger partial charge in [-0.15, -0.1) is 0 Å². The molecule has 0 spiro atoms. The summed E-state index contributed by atoms with van der Waals surface area (Å²) in [7, 11) is -5.61. The van der Waals surface area contributed by atoms with Crippen LogP contribution in [0.2, 0.25) is 0 Å². The van der Waals surface area contributed by atoms with Crippen molar-refractivity contribution in [3.05, 3.63) is 0 Å². The molecule has 2 N–H and O–H groups in total. The molecule has 0 radical (unpaired) electrons. The van der Waals surface area contributed by atoms with Crippen molar-refractivity contribution < 1.29 is 24.7 Å². The molecule has 0 aliphatic rings. The van der Waals surface area contributed by atoms with E-state index in [4.69, 9.17) is 19.2 Å². The van der Waals surface area contributed by atoms with Crippen LogP contribution >= 0.6 is 0 Å². The summed E-state index contributed by atoms with van der Waals surface area (Å²) in [6, 6.07) is 0. The molecule has 7 heavy (non-hydrogen) atoms. The number of rotatable bonds is 0. The third kappa shape index (κ3) is 3140. The fourth-order valence-electron chi connectivity index (χ4n) is 0. The van der Waals surface area contributed by atoms with Crippen LogP contribution in [-0.2, 0) is 0 Å². The van der Waals surface area contributed by atoms with Crippen molar-refractivity contribution in [3.8, 4) is 0 Å². The van der Waals surface area contributed by atoms with Crippen LogP contribution in [-0.4, -0.2) is 24.6 Å². The van der Waals surface area contributed by atoms with Gasteiger partial charge in [-0.05, 0) is 0 Å². The topological polar surface area (TPSA) is 124 Å². The standard InChI is InChI=1S/Be.O4Si.H2O/c;1-5(2,3)4;/h;;1H2/q+2;-4;. The molecule has 40 valence electrons. The van der Waals surface area contributed by atoms with Gasteiger partial charge in [-0.25, -0.2) is 0 Å². The molecule has 0 atom stereocenters. The van der Waals surface area contributed by atoms with Gasteiger partial charge in [0.05, 0.1) is 0 Å². The van der Waals surface area contributed by atoms with Crippen LogP contribution in [0.25, 0.3) is 0 Å². The van der Waals surface area contributed by atoms with Gasteiger partial charge < -0.3 is 33.7 Å². The summed E-state index contributed by atoms with van der Waals surface area (Å²) in [6.07, 6.45) is 0. The van der Waals surface area contributed by atoms with Crippen LogP contribution < -0.4 is 19.2 Å². The number of hydrogen-bond acceptors (Lipinski definition) is 4. The van der Waals surface area contributed by atoms with Gasteiger partial charge in [-0.1, -0.05) is 0 Å². The van der Waals surface area contributed by atoms with Crippen LogP contribution in [0.1, 0.15) is 0 Å². The molecule has 0 aliphatic carbocycles. The Labute approximate surface area is 44.9 Å². The van der Waals surface area contributed by atoms with E-state index in [1.807, 2.05) is 0 Å². The molecule has 0 amide bonds. The second-order valence-corrected chi connectivity index (χ2v) is 1.50. The van der Waals surface area contributed by atoms with Crippen LogP contribution in [0.4, 0.5) is 0 Å². The molecule has 0 aromatic carbocycles. The van der Waals surface area contributed by atoms with Crippen molar-refractivity contribution >= 4 is 19.2 Å². The summed E-state index contributed by atoms with van der Waals surface area (Å²) < 4.78 is 0. The van der Waals surface area contributed by atoms with E-state index in [0.29, 0.717) is 0 Å². The van der Waals surface area contributed by atoms with Crippen LogP contribution in [0, 0.1) is 0 Å². The largest absolute Gasteiger partial charge is 2.00 e. The minimum absolute atomic E-state index is 0. The minimum Gasteiger partial charge on any atom is -0.894 e. The normalized spacial score (nSPS) is 8.57. The summed E-state index contributed by atoms with van der Waals surface area (Å²) in [5.41, 5.74) is 0. The zero-order valence-electron chi connectivity index (χ0n) is 3.34. The Morgan fingerprint density at radius 1 is 0.857 bits per heavy atom. The van der Waals surface area contributed by atoms with Crippen molar-refractivity contribution in [2.24, 2.45) is 0 Å². The van der Waals surface area contributed by atoms with Gasteiger partial charge in [0.25, 0.3) is 0 Å². The summed E-state index contributed by atoms with van der Waals surface area (Å²) in [4.78, 5) is 34.3. The first-order valence-corrected chi connectivity index (χ1v) is 2.45. The van der Waals surface area contributed by atoms with E-state index in [2.05, 4.69) is 0 Å². The first-order valence-electron chi connectivity index (χ1n) is 0.816. The van der Waals surface area contributed by atoms with Crippen molar-refractivity contribution in [2.75, 3.05) is 0 Å². The molecule has 0 bridgehead atoms. The Morgan fingerprint density at radius 3 is 0.857 bits per heavy atom. The summed E-state index contributed by atoms with van der Waals surface area (Å²) in [5, 5.41) is 0. The summed E-state index contributed by atoms with van der Waals surface area (Å²) >= 11 is 0. The van der Waals surface area contributed by atoms with Crippen molar-refractivity contribution in [3.63, 3.8) is 0 Å². The first kappa shape index (κ1) is 15.7. The van der Waals surface area contributed by atoms with E-state index in [1.54, 1.807) is 0 Å². The van der Waals surface area contributed by atoms with E-state index in [0.717, 1.165) is 0 Å². The maximum atomic E-state index is 8.58. The summed E-state index contributed by atoms with van der Waals surface area (Å²) in [5.74, 6) is 0. The fraction of sp³-hybridized carbons (Fsp3) is 0. The molecule has 0 saturated heterocycles. The average Bonchev–Trinajstić information content (AvgIpc) is 0.722. The van der Waals surface area contributed by atoms with Crippen molar-refractivity contribution in [1.82, 2.24) is 0 Å². The predicted molar refractivity (Wildman–Crippen MR) is 15.1 cm³/mol. The Bertz CT molecular complexity index is 23.6. The van der Waals surface area contributed by atoms with E-state index >= 15 is 0 Å². The monoisotopic (exact) mass is 119 g/mol. The molecule has 0 fully saturated rings. The molecule has 0 aromatic rings. The van der Waals surface area contributed by atoms with E-state index in [9.17, 15) is 0 Å². The Kier molecular flexibility index (Phi) is 9.75. The predicted octanol–water partition coefficient (Wildman–Crippen LogP) is -6.34. The van der Waals surface area contributed by atoms with Gasteiger partial charge in [0.1, 0.15) is 0 Å². The average molecular weight is 119 g/mol. The molecule has 7 heteroatoms. The van der Waals surface area contributed by atoms with Gasteiger partial charge >= 0.3 is 10.1 Å². The molecular formula is H2BeO5Si-2. The SMILES string of the molecule is O.[Be+2].[O-][Si]([O-])([O-])[O-]. The molecule has 0 saturated carbocycles. The minimum atomic E-state index is -5.61. The van der Waals surface area contributed by atoms with Gasteiger partial charge in [-0.2, -0.15) is 0 Å². The van der Waals surface area contributed by atoms with Crippen LogP contribution in [0.15, 0.2) is 0 Å². The second-order valence-electron chi connectivity index (χ2n) is 0.500. The zero-order valence-corrected chi connectivity index (χ0v) is 4.34. The summed E-state index contributed by atoms with van der Waals surface area (Å²) in [6.45, 7) is 0. The molecular weight excluding hydrogens is 117 g/mol. The molecule has 0 rings (SSSR count). The molecule has 0 aromatic heterocycles. The smallest absolute Gasteiger partial charge is 0.894 e. The molecule has 5 nitrogen and oxygen atoms in total. The van der Waals surface area contributed by atoms with Gasteiger partial charge in [0.15, 0.2) is 0 Å². The molecule has 0 aliphatic heterocycles. The van der Waals surface area contributed by atoms with Crippen LogP contribution in [0.3, 0.4) is 0 Å². The van der Waals surface area contributed by atoms with Gasteiger partial charge in [0.2, 0.25) is 0 Å². The Balaban J connectivity index is -0.0000000800. The Morgan fingerprint density at radius 2 is 0.857 bits per heavy atom. The second kappa shape index (κ2) is 4.35. The first-order chi connectivity index (χ1) is 2.00. The van der Waals surface area contributed by atoms with Crippen LogP contribution in [0.5, 0.6) is 0 Å². The van der Waals surface area contributed by atoms with E-state index < -0.39 is 9.05 Å². The Hall–Kier alpha value is 0.186. The molecule has 0 unspecified atom stereocenters. The van der Waals surface area contributed by atoms with Crippen molar-refractivity contribution in [2.45, 2.75) is 0 Å². The van der Waals surface area contributed by atoms with Crippen molar-refractivity contribution in [1.29, 1.82) is 0 Å². The van der Waals surface area contributed by atoms with E-state index in [1.165, 1.54) is 0 Å². The third-order valence-corrected chi connectivity index (χ3v) is 0. The number of hydrogen-bond donors (Lipinski definition) is 0. The zero-order chi connectivity index (χ0) is 4.50. The van der Waals surface area contributed by atoms with Gasteiger partial charge in [0, 0.05) is 0 Å².